The highest BCUT2D eigenvalue weighted by Crippen LogP contribution is 2.25. The van der Waals surface area contributed by atoms with Crippen molar-refractivity contribution in [2.75, 3.05) is 5.75 Å². The summed E-state index contributed by atoms with van der Waals surface area (Å²) in [6, 6.07) is 15.1. The van der Waals surface area contributed by atoms with Gasteiger partial charge in [-0.25, -0.2) is 4.39 Å². The number of nitrogens with zero attached hydrogens (tertiary/aromatic N) is 3. The van der Waals surface area contributed by atoms with E-state index in [2.05, 4.69) is 10.2 Å². The molecule has 2 aromatic carbocycles. The molecule has 0 radical (unpaired) electrons. The van der Waals surface area contributed by atoms with Crippen LogP contribution in [0.25, 0.3) is 0 Å². The molecule has 1 heterocycles. The van der Waals surface area contributed by atoms with Gasteiger partial charge in [0.15, 0.2) is 22.9 Å². The van der Waals surface area contributed by atoms with Crippen LogP contribution in [0.4, 0.5) is 4.39 Å². The Bertz CT molecular complexity index is 897. The van der Waals surface area contributed by atoms with Crippen LogP contribution in [-0.2, 0) is 6.54 Å². The zero-order valence-corrected chi connectivity index (χ0v) is 15.9. The Morgan fingerprint density at radius 2 is 1.85 bits per heavy atom. The first-order valence-corrected chi connectivity index (χ1v) is 9.63. The quantitative estimate of drug-likeness (QED) is 0.420. The average molecular weight is 385 g/mol. The molecule has 0 amide bonds. The highest BCUT2D eigenvalue weighted by Gasteiger charge is 2.19. The van der Waals surface area contributed by atoms with Gasteiger partial charge in [-0.05, 0) is 50.2 Å². The van der Waals surface area contributed by atoms with Crippen LogP contribution in [-0.4, -0.2) is 26.3 Å². The van der Waals surface area contributed by atoms with Crippen LogP contribution in [0, 0.1) is 5.82 Å². The zero-order chi connectivity index (χ0) is 19.2. The summed E-state index contributed by atoms with van der Waals surface area (Å²) in [5, 5.41) is 9.12. The van der Waals surface area contributed by atoms with Crippen molar-refractivity contribution in [1.29, 1.82) is 0 Å². The van der Waals surface area contributed by atoms with Gasteiger partial charge in [-0.3, -0.25) is 4.79 Å². The predicted octanol–water partition coefficient (Wildman–Crippen LogP) is 4.55. The second kappa shape index (κ2) is 8.81. The molecule has 0 fully saturated rings. The summed E-state index contributed by atoms with van der Waals surface area (Å²) in [5.41, 5.74) is 0.479. The SMILES string of the molecule is CCn1c(SCC(=O)c2ccc(F)cc2)nnc1[C@@H](C)Oc1ccccc1. The Morgan fingerprint density at radius 1 is 1.15 bits per heavy atom. The van der Waals surface area contributed by atoms with E-state index in [1.54, 1.807) is 0 Å². The second-order valence-corrected chi connectivity index (χ2v) is 6.82. The van der Waals surface area contributed by atoms with E-state index in [1.807, 2.05) is 48.7 Å². The Balaban J connectivity index is 1.68. The van der Waals surface area contributed by atoms with Gasteiger partial charge in [-0.15, -0.1) is 10.2 Å². The van der Waals surface area contributed by atoms with Crippen molar-refractivity contribution in [3.05, 3.63) is 71.8 Å². The minimum absolute atomic E-state index is 0.0826. The number of hydrogen-bond donors (Lipinski definition) is 0. The zero-order valence-electron chi connectivity index (χ0n) is 15.1. The summed E-state index contributed by atoms with van der Waals surface area (Å²) >= 11 is 1.31. The molecule has 0 aliphatic rings. The van der Waals surface area contributed by atoms with E-state index in [1.165, 1.54) is 36.0 Å². The van der Waals surface area contributed by atoms with E-state index in [9.17, 15) is 9.18 Å². The molecule has 0 unspecified atom stereocenters. The lowest BCUT2D eigenvalue weighted by atomic mass is 10.1. The normalized spacial score (nSPS) is 12.0. The molecule has 5 nitrogen and oxygen atoms in total. The third-order valence-corrected chi connectivity index (χ3v) is 4.95. The number of benzene rings is 2. The molecule has 7 heteroatoms. The van der Waals surface area contributed by atoms with Crippen LogP contribution in [0.3, 0.4) is 0 Å². The van der Waals surface area contributed by atoms with Crippen LogP contribution in [0.1, 0.15) is 36.1 Å². The number of para-hydroxylation sites is 1. The molecule has 140 valence electrons. The number of carbonyl (C=O) groups excluding carboxylic acids is 1. The molecule has 0 N–H and O–H groups in total. The summed E-state index contributed by atoms with van der Waals surface area (Å²) in [5.74, 6) is 1.23. The fourth-order valence-electron chi connectivity index (χ4n) is 2.61. The second-order valence-electron chi connectivity index (χ2n) is 5.88. The van der Waals surface area contributed by atoms with Crippen LogP contribution >= 0.6 is 11.8 Å². The molecule has 0 aliphatic heterocycles. The average Bonchev–Trinajstić information content (AvgIpc) is 3.10. The molecule has 1 aromatic heterocycles. The van der Waals surface area contributed by atoms with Gasteiger partial charge in [-0.2, -0.15) is 0 Å². The maximum atomic E-state index is 13.0. The Labute approximate surface area is 161 Å². The molecular weight excluding hydrogens is 365 g/mol. The summed E-state index contributed by atoms with van der Waals surface area (Å²) in [7, 11) is 0. The molecular formula is C20H20FN3O2S. The predicted molar refractivity (Wildman–Crippen MR) is 103 cm³/mol. The summed E-state index contributed by atoms with van der Waals surface area (Å²) < 4.78 is 20.9. The number of hydrogen-bond acceptors (Lipinski definition) is 5. The first kappa shape index (κ1) is 19.1. The first-order chi connectivity index (χ1) is 13.1. The van der Waals surface area contributed by atoms with Crippen LogP contribution in [0.2, 0.25) is 0 Å². The van der Waals surface area contributed by atoms with Crippen LogP contribution in [0.5, 0.6) is 5.75 Å². The van der Waals surface area contributed by atoms with E-state index in [0.717, 1.165) is 5.75 Å². The van der Waals surface area contributed by atoms with Crippen LogP contribution in [0.15, 0.2) is 59.8 Å². The van der Waals surface area contributed by atoms with Crippen molar-refractivity contribution in [2.24, 2.45) is 0 Å². The highest BCUT2D eigenvalue weighted by molar-refractivity contribution is 7.99. The lowest BCUT2D eigenvalue weighted by Crippen LogP contribution is -2.12. The molecule has 0 spiro atoms. The summed E-state index contributed by atoms with van der Waals surface area (Å²) in [4.78, 5) is 12.3. The van der Waals surface area contributed by atoms with Crippen molar-refractivity contribution in [3.8, 4) is 5.75 Å². The smallest absolute Gasteiger partial charge is 0.191 e. The van der Waals surface area contributed by atoms with Gasteiger partial charge in [0.05, 0.1) is 5.75 Å². The standard InChI is InChI=1S/C20H20FN3O2S/c1-3-24-19(14(2)26-17-7-5-4-6-8-17)22-23-20(24)27-13-18(25)15-9-11-16(21)12-10-15/h4-12,14H,3,13H2,1-2H3/t14-/m1/s1. The van der Waals surface area contributed by atoms with E-state index in [0.29, 0.717) is 23.1 Å². The van der Waals surface area contributed by atoms with Crippen molar-refractivity contribution >= 4 is 17.5 Å². The third kappa shape index (κ3) is 4.74. The van der Waals surface area contributed by atoms with Gasteiger partial charge in [-0.1, -0.05) is 30.0 Å². The van der Waals surface area contributed by atoms with Crippen molar-refractivity contribution in [2.45, 2.75) is 31.7 Å². The molecule has 0 saturated carbocycles. The number of Topliss-reactive ketones (excluding diaryl/α,β-unsaturated/α-hetero) is 1. The summed E-state index contributed by atoms with van der Waals surface area (Å²) in [6.45, 7) is 4.58. The number of rotatable bonds is 8. The molecule has 0 bridgehead atoms. The topological polar surface area (TPSA) is 57.0 Å². The first-order valence-electron chi connectivity index (χ1n) is 8.65. The maximum absolute atomic E-state index is 13.0. The largest absolute Gasteiger partial charge is 0.483 e. The third-order valence-electron chi connectivity index (χ3n) is 3.98. The van der Waals surface area contributed by atoms with Gasteiger partial charge in [0.2, 0.25) is 0 Å². The number of ether oxygens (including phenoxy) is 1. The lowest BCUT2D eigenvalue weighted by molar-refractivity contribution is 0.102. The monoisotopic (exact) mass is 385 g/mol. The van der Waals surface area contributed by atoms with Gasteiger partial charge < -0.3 is 9.30 Å². The van der Waals surface area contributed by atoms with Crippen molar-refractivity contribution in [3.63, 3.8) is 0 Å². The molecule has 0 aliphatic carbocycles. The number of halogens is 1. The minimum atomic E-state index is -0.359. The minimum Gasteiger partial charge on any atom is -0.483 e. The Kier molecular flexibility index (Phi) is 6.24. The lowest BCUT2D eigenvalue weighted by Gasteiger charge is -2.15. The fourth-order valence-corrected chi connectivity index (χ4v) is 3.51. The van der Waals surface area contributed by atoms with Crippen LogP contribution < -0.4 is 4.74 Å². The molecule has 3 rings (SSSR count). The molecule has 0 saturated heterocycles. The van der Waals surface area contributed by atoms with E-state index in [4.69, 9.17) is 4.74 Å². The number of thioether (sulfide) groups is 1. The van der Waals surface area contributed by atoms with E-state index < -0.39 is 0 Å². The van der Waals surface area contributed by atoms with Gasteiger partial charge in [0.25, 0.3) is 0 Å². The van der Waals surface area contributed by atoms with Gasteiger partial charge >= 0.3 is 0 Å². The highest BCUT2D eigenvalue weighted by atomic mass is 32.2. The van der Waals surface area contributed by atoms with Gasteiger partial charge in [0, 0.05) is 12.1 Å². The fraction of sp³-hybridized carbons (Fsp3) is 0.250. The molecule has 27 heavy (non-hydrogen) atoms. The van der Waals surface area contributed by atoms with E-state index in [-0.39, 0.29) is 23.5 Å². The van der Waals surface area contributed by atoms with Crippen molar-refractivity contribution < 1.29 is 13.9 Å². The van der Waals surface area contributed by atoms with Crippen molar-refractivity contribution in [1.82, 2.24) is 14.8 Å². The summed E-state index contributed by atoms with van der Waals surface area (Å²) in [6.07, 6.45) is -0.276. The number of ketones is 1. The Morgan fingerprint density at radius 3 is 2.52 bits per heavy atom. The molecule has 1 atom stereocenters. The van der Waals surface area contributed by atoms with E-state index >= 15 is 0 Å². The molecule has 3 aromatic rings. The number of carbonyl (C=O) groups is 1. The van der Waals surface area contributed by atoms with Gasteiger partial charge in [0.1, 0.15) is 11.6 Å². The Hall–Kier alpha value is -2.67. The maximum Gasteiger partial charge on any atom is 0.191 e. The number of aromatic nitrogens is 3.